The van der Waals surface area contributed by atoms with Gasteiger partial charge in [-0.25, -0.2) is 0 Å². The predicted molar refractivity (Wildman–Crippen MR) is 67.2 cm³/mol. The maximum atomic E-state index is 11.1. The van der Waals surface area contributed by atoms with Gasteiger partial charge < -0.3 is 0 Å². The first-order chi connectivity index (χ1) is 8.77. The van der Waals surface area contributed by atoms with Crippen LogP contribution in [-0.2, 0) is 10.3 Å². The van der Waals surface area contributed by atoms with Crippen LogP contribution in [0.5, 0.6) is 0 Å². The Labute approximate surface area is 104 Å². The second-order valence-electron chi connectivity index (χ2n) is 3.65. The second kappa shape index (κ2) is 4.15. The van der Waals surface area contributed by atoms with Gasteiger partial charge in [-0.05, 0) is 18.2 Å². The highest BCUT2D eigenvalue weighted by atomic mass is 32.2. The molecule has 18 heavy (non-hydrogen) atoms. The number of benzene rings is 1. The van der Waals surface area contributed by atoms with E-state index in [1.165, 1.54) is 0 Å². The lowest BCUT2D eigenvalue weighted by Gasteiger charge is -2.04. The molecule has 0 N–H and O–H groups in total. The molecule has 0 aliphatic carbocycles. The number of hydrogen-bond donors (Lipinski definition) is 0. The molecular weight excluding hydrogens is 250 g/mol. The standard InChI is InChI=1S/C12H7N3O2S/c16-18(17)12-11-8(9-5-1-2-7-13-9)4-3-6-10(11)14-15-12/h1-7H. The number of rotatable bonds is 1. The number of aromatic nitrogens is 1. The Kier molecular flexibility index (Phi) is 2.49. The van der Waals surface area contributed by atoms with Crippen molar-refractivity contribution < 1.29 is 8.42 Å². The van der Waals surface area contributed by atoms with Crippen LogP contribution in [0.1, 0.15) is 5.56 Å². The van der Waals surface area contributed by atoms with E-state index in [2.05, 4.69) is 15.2 Å². The summed E-state index contributed by atoms with van der Waals surface area (Å²) in [4.78, 5) is 4.19. The van der Waals surface area contributed by atoms with Gasteiger partial charge in [-0.15, -0.1) is 10.2 Å². The van der Waals surface area contributed by atoms with Gasteiger partial charge in [-0.1, -0.05) is 18.2 Å². The van der Waals surface area contributed by atoms with Crippen LogP contribution in [0.15, 0.2) is 52.8 Å². The van der Waals surface area contributed by atoms with Crippen molar-refractivity contribution in [1.29, 1.82) is 0 Å². The third-order valence-electron chi connectivity index (χ3n) is 2.60. The molecule has 5 nitrogen and oxygen atoms in total. The van der Waals surface area contributed by atoms with Crippen LogP contribution in [0, 0.1) is 0 Å². The molecule has 2 heterocycles. The maximum absolute atomic E-state index is 11.1. The molecule has 2 aromatic rings. The molecule has 0 saturated carbocycles. The Morgan fingerprint density at radius 2 is 1.83 bits per heavy atom. The topological polar surface area (TPSA) is 71.8 Å². The van der Waals surface area contributed by atoms with E-state index < -0.39 is 10.3 Å². The van der Waals surface area contributed by atoms with Gasteiger partial charge in [-0.2, -0.15) is 8.42 Å². The summed E-state index contributed by atoms with van der Waals surface area (Å²) in [5, 5.41) is 7.55. The van der Waals surface area contributed by atoms with Crippen LogP contribution < -0.4 is 0 Å². The fourth-order valence-electron chi connectivity index (χ4n) is 1.85. The third kappa shape index (κ3) is 1.63. The van der Waals surface area contributed by atoms with Crippen molar-refractivity contribution in [3.63, 3.8) is 0 Å². The molecular formula is C12H7N3O2S. The summed E-state index contributed by atoms with van der Waals surface area (Å²) in [5.74, 6) is 0. The lowest BCUT2D eigenvalue weighted by molar-refractivity contribution is 0.627. The fraction of sp³-hybridized carbons (Fsp3) is 0. The van der Waals surface area contributed by atoms with Crippen molar-refractivity contribution in [3.05, 3.63) is 48.2 Å². The van der Waals surface area contributed by atoms with Crippen LogP contribution in [-0.4, -0.2) is 18.4 Å². The lowest BCUT2D eigenvalue weighted by Crippen LogP contribution is -1.98. The predicted octanol–water partition coefficient (Wildman–Crippen LogP) is 2.20. The monoisotopic (exact) mass is 257 g/mol. The van der Waals surface area contributed by atoms with E-state index in [1.807, 2.05) is 18.2 Å². The van der Waals surface area contributed by atoms with Gasteiger partial charge >= 0.3 is 0 Å². The van der Waals surface area contributed by atoms with Crippen molar-refractivity contribution in [2.24, 2.45) is 10.2 Å². The van der Waals surface area contributed by atoms with Crippen molar-refractivity contribution in [3.8, 4) is 11.3 Å². The van der Waals surface area contributed by atoms with Crippen molar-refractivity contribution in [2.45, 2.75) is 0 Å². The zero-order chi connectivity index (χ0) is 12.5. The van der Waals surface area contributed by atoms with Crippen molar-refractivity contribution in [1.82, 2.24) is 4.98 Å². The molecule has 0 saturated heterocycles. The Morgan fingerprint density at radius 3 is 2.56 bits per heavy atom. The molecule has 0 amide bonds. The van der Waals surface area contributed by atoms with Crippen LogP contribution in [0.25, 0.3) is 11.3 Å². The SMILES string of the molecule is O=S(=O)=C1N=Nc2cccc(-c3ccccn3)c21. The number of nitrogens with zero attached hydrogens (tertiary/aromatic N) is 3. The Balaban J connectivity index is 2.34. The molecule has 1 aliphatic heterocycles. The summed E-state index contributed by atoms with van der Waals surface area (Å²) in [6.07, 6.45) is 1.66. The molecule has 1 aliphatic rings. The smallest absolute Gasteiger partial charge is 0.242 e. The molecule has 6 heteroatoms. The van der Waals surface area contributed by atoms with Crippen LogP contribution in [0.4, 0.5) is 5.69 Å². The van der Waals surface area contributed by atoms with E-state index in [1.54, 1.807) is 24.4 Å². The summed E-state index contributed by atoms with van der Waals surface area (Å²) < 4.78 is 22.3. The number of pyridine rings is 1. The largest absolute Gasteiger partial charge is 0.256 e. The average Bonchev–Trinajstić information content (AvgIpc) is 2.83. The van der Waals surface area contributed by atoms with E-state index in [0.29, 0.717) is 16.9 Å². The third-order valence-corrected chi connectivity index (χ3v) is 3.21. The van der Waals surface area contributed by atoms with E-state index in [4.69, 9.17) is 0 Å². The Hall–Kier alpha value is -2.34. The number of fused-ring (bicyclic) bond motifs is 1. The quantitative estimate of drug-likeness (QED) is 0.735. The van der Waals surface area contributed by atoms with Gasteiger partial charge in [-0.3, -0.25) is 4.98 Å². The average molecular weight is 257 g/mol. The maximum Gasteiger partial charge on any atom is 0.242 e. The highest BCUT2D eigenvalue weighted by Gasteiger charge is 2.22. The molecule has 0 atom stereocenters. The summed E-state index contributed by atoms with van der Waals surface area (Å²) in [7, 11) is -2.41. The number of azo groups is 1. The summed E-state index contributed by atoms with van der Waals surface area (Å²) in [6, 6.07) is 10.8. The van der Waals surface area contributed by atoms with Gasteiger partial charge in [0.2, 0.25) is 15.3 Å². The van der Waals surface area contributed by atoms with Crippen LogP contribution in [0.2, 0.25) is 0 Å². The normalized spacial score (nSPS) is 12.6. The van der Waals surface area contributed by atoms with Crippen LogP contribution >= 0.6 is 0 Å². The van der Waals surface area contributed by atoms with Crippen molar-refractivity contribution >= 4 is 21.0 Å². The van der Waals surface area contributed by atoms with Gasteiger partial charge in [0.25, 0.3) is 0 Å². The molecule has 88 valence electrons. The molecule has 0 fully saturated rings. The first kappa shape index (κ1) is 10.8. The van der Waals surface area contributed by atoms with E-state index >= 15 is 0 Å². The van der Waals surface area contributed by atoms with E-state index in [9.17, 15) is 8.42 Å². The highest BCUT2D eigenvalue weighted by molar-refractivity contribution is 7.73. The first-order valence-electron chi connectivity index (χ1n) is 5.20. The zero-order valence-corrected chi connectivity index (χ0v) is 9.92. The molecule has 1 aromatic carbocycles. The Morgan fingerprint density at radius 1 is 0.944 bits per heavy atom. The van der Waals surface area contributed by atoms with Gasteiger partial charge in [0.05, 0.1) is 16.9 Å². The fourth-order valence-corrected chi connectivity index (χ4v) is 2.34. The van der Waals surface area contributed by atoms with Gasteiger partial charge in [0.1, 0.15) is 0 Å². The molecule has 0 spiro atoms. The second-order valence-corrected chi connectivity index (χ2v) is 4.51. The summed E-state index contributed by atoms with van der Waals surface area (Å²) >= 11 is 0. The van der Waals surface area contributed by atoms with Gasteiger partial charge in [0.15, 0.2) is 0 Å². The highest BCUT2D eigenvalue weighted by Crippen LogP contribution is 2.34. The van der Waals surface area contributed by atoms with E-state index in [0.717, 1.165) is 5.56 Å². The minimum atomic E-state index is -2.41. The van der Waals surface area contributed by atoms with Gasteiger partial charge in [0, 0.05) is 11.8 Å². The summed E-state index contributed by atoms with van der Waals surface area (Å²) in [6.45, 7) is 0. The van der Waals surface area contributed by atoms with Crippen molar-refractivity contribution in [2.75, 3.05) is 0 Å². The molecule has 0 unspecified atom stereocenters. The molecule has 0 radical (unpaired) electrons. The minimum Gasteiger partial charge on any atom is -0.256 e. The van der Waals surface area contributed by atoms with Crippen LogP contribution in [0.3, 0.4) is 0 Å². The summed E-state index contributed by atoms with van der Waals surface area (Å²) in [5.41, 5.74) is 2.49. The van der Waals surface area contributed by atoms with E-state index in [-0.39, 0.29) is 4.99 Å². The lowest BCUT2D eigenvalue weighted by atomic mass is 10.0. The molecule has 3 rings (SSSR count). The number of hydrogen-bond acceptors (Lipinski definition) is 4. The molecule has 0 bridgehead atoms. The minimum absolute atomic E-state index is 0.0359. The zero-order valence-electron chi connectivity index (χ0n) is 9.11. The first-order valence-corrected chi connectivity index (χ1v) is 6.27. The Bertz CT molecular complexity index is 772. The molecule has 1 aromatic heterocycles.